The number of rotatable bonds is 5. The number of piperidine rings is 1. The van der Waals surface area contributed by atoms with Crippen LogP contribution < -0.4 is 10.5 Å². The summed E-state index contributed by atoms with van der Waals surface area (Å²) in [7, 11) is 0. The molecule has 21 heavy (non-hydrogen) atoms. The first kappa shape index (κ1) is 14.9. The molecule has 2 N–H and O–H groups in total. The Labute approximate surface area is 128 Å². The molecule has 3 rings (SSSR count). The Hall–Kier alpha value is -1.06. The van der Waals surface area contributed by atoms with Crippen LogP contribution in [-0.4, -0.2) is 30.6 Å². The lowest BCUT2D eigenvalue weighted by Crippen LogP contribution is -2.48. The summed E-state index contributed by atoms with van der Waals surface area (Å²) < 4.78 is 5.91. The summed E-state index contributed by atoms with van der Waals surface area (Å²) in [6.45, 7) is 3.72. The van der Waals surface area contributed by atoms with E-state index in [1.54, 1.807) is 0 Å². The van der Waals surface area contributed by atoms with Gasteiger partial charge in [-0.1, -0.05) is 25.0 Å². The molecule has 0 radical (unpaired) electrons. The fourth-order valence-electron chi connectivity index (χ4n) is 4.01. The minimum Gasteiger partial charge on any atom is -0.492 e. The van der Waals surface area contributed by atoms with Crippen molar-refractivity contribution >= 4 is 0 Å². The molecule has 0 bridgehead atoms. The van der Waals surface area contributed by atoms with Crippen molar-refractivity contribution in [3.63, 3.8) is 0 Å². The molecule has 0 aromatic heterocycles. The molecule has 1 heterocycles. The average molecular weight is 288 g/mol. The number of nitrogens with two attached hydrogens (primary N) is 1. The van der Waals surface area contributed by atoms with Gasteiger partial charge in [0.05, 0.1) is 0 Å². The summed E-state index contributed by atoms with van der Waals surface area (Å²) in [5, 5.41) is 0. The van der Waals surface area contributed by atoms with Gasteiger partial charge in [0.2, 0.25) is 0 Å². The van der Waals surface area contributed by atoms with Crippen LogP contribution in [0.1, 0.15) is 44.1 Å². The molecule has 0 amide bonds. The fraction of sp³-hybridized carbons (Fsp3) is 0.667. The monoisotopic (exact) mass is 288 g/mol. The van der Waals surface area contributed by atoms with E-state index in [9.17, 15) is 0 Å². The Morgan fingerprint density at radius 2 is 1.81 bits per heavy atom. The molecule has 1 aromatic rings. The fourth-order valence-corrected chi connectivity index (χ4v) is 4.01. The lowest BCUT2D eigenvalue weighted by Gasteiger charge is -2.44. The zero-order valence-corrected chi connectivity index (χ0v) is 13.0. The SMILES string of the molecule is NCc1ccc(OCCN2CCCC3CCCCC32)cc1. The van der Waals surface area contributed by atoms with Crippen LogP contribution in [0.3, 0.4) is 0 Å². The summed E-state index contributed by atoms with van der Waals surface area (Å²) >= 11 is 0. The van der Waals surface area contributed by atoms with Gasteiger partial charge in [0.15, 0.2) is 0 Å². The van der Waals surface area contributed by atoms with Crippen LogP contribution in [0.25, 0.3) is 0 Å². The smallest absolute Gasteiger partial charge is 0.119 e. The van der Waals surface area contributed by atoms with Gasteiger partial charge in [-0.2, -0.15) is 0 Å². The first-order chi connectivity index (χ1) is 10.4. The van der Waals surface area contributed by atoms with E-state index in [2.05, 4.69) is 4.90 Å². The van der Waals surface area contributed by atoms with Gasteiger partial charge < -0.3 is 10.5 Å². The Balaban J connectivity index is 1.47. The Bertz CT molecular complexity index is 429. The Morgan fingerprint density at radius 3 is 2.62 bits per heavy atom. The van der Waals surface area contributed by atoms with Crippen LogP contribution in [-0.2, 0) is 6.54 Å². The molecule has 2 unspecified atom stereocenters. The number of likely N-dealkylation sites (tertiary alicyclic amines) is 1. The van der Waals surface area contributed by atoms with Crippen molar-refractivity contribution in [2.45, 2.75) is 51.1 Å². The summed E-state index contributed by atoms with van der Waals surface area (Å²) in [4.78, 5) is 2.68. The molecule has 1 aliphatic carbocycles. The third-order valence-electron chi connectivity index (χ3n) is 5.16. The highest BCUT2D eigenvalue weighted by Crippen LogP contribution is 2.34. The van der Waals surface area contributed by atoms with Crippen molar-refractivity contribution in [1.29, 1.82) is 0 Å². The van der Waals surface area contributed by atoms with Crippen molar-refractivity contribution in [3.8, 4) is 5.75 Å². The van der Waals surface area contributed by atoms with E-state index in [4.69, 9.17) is 10.5 Å². The molecule has 2 atom stereocenters. The van der Waals surface area contributed by atoms with Gasteiger partial charge in [0.1, 0.15) is 12.4 Å². The summed E-state index contributed by atoms with van der Waals surface area (Å²) in [6.07, 6.45) is 8.52. The average Bonchev–Trinajstić information content (AvgIpc) is 2.56. The Morgan fingerprint density at radius 1 is 1.05 bits per heavy atom. The van der Waals surface area contributed by atoms with E-state index in [0.29, 0.717) is 6.54 Å². The lowest BCUT2D eigenvalue weighted by molar-refractivity contribution is 0.0501. The largest absolute Gasteiger partial charge is 0.492 e. The molecule has 1 saturated carbocycles. The molecule has 1 aromatic carbocycles. The van der Waals surface area contributed by atoms with Gasteiger partial charge in [-0.15, -0.1) is 0 Å². The predicted octanol–water partition coefficient (Wildman–Crippen LogP) is 3.18. The van der Waals surface area contributed by atoms with Gasteiger partial charge >= 0.3 is 0 Å². The summed E-state index contributed by atoms with van der Waals surface area (Å²) in [6, 6.07) is 8.99. The van der Waals surface area contributed by atoms with E-state index >= 15 is 0 Å². The zero-order valence-electron chi connectivity index (χ0n) is 13.0. The minimum atomic E-state index is 0.594. The highest BCUT2D eigenvalue weighted by molar-refractivity contribution is 5.27. The molecule has 2 aliphatic rings. The van der Waals surface area contributed by atoms with E-state index in [-0.39, 0.29) is 0 Å². The van der Waals surface area contributed by atoms with Gasteiger partial charge in [-0.3, -0.25) is 4.90 Å². The van der Waals surface area contributed by atoms with Crippen LogP contribution in [0.2, 0.25) is 0 Å². The minimum absolute atomic E-state index is 0.594. The van der Waals surface area contributed by atoms with Gasteiger partial charge in [0.25, 0.3) is 0 Å². The highest BCUT2D eigenvalue weighted by Gasteiger charge is 2.32. The maximum atomic E-state index is 5.91. The van der Waals surface area contributed by atoms with Crippen molar-refractivity contribution in [2.75, 3.05) is 19.7 Å². The highest BCUT2D eigenvalue weighted by atomic mass is 16.5. The number of fused-ring (bicyclic) bond motifs is 1. The molecule has 116 valence electrons. The van der Waals surface area contributed by atoms with Crippen LogP contribution in [0, 0.1) is 5.92 Å². The normalized spacial score (nSPS) is 26.3. The second-order valence-corrected chi connectivity index (χ2v) is 6.49. The number of ether oxygens (including phenoxy) is 1. The standard InChI is InChI=1S/C18H28N2O/c19-14-15-7-9-17(10-8-15)21-13-12-20-11-3-5-16-4-1-2-6-18(16)20/h7-10,16,18H,1-6,11-14,19H2. The van der Waals surface area contributed by atoms with Gasteiger partial charge in [-0.05, 0) is 55.8 Å². The predicted molar refractivity (Wildman–Crippen MR) is 86.4 cm³/mol. The summed E-state index contributed by atoms with van der Waals surface area (Å²) in [5.41, 5.74) is 6.77. The number of hydrogen-bond donors (Lipinski definition) is 1. The molecule has 1 saturated heterocycles. The third-order valence-corrected chi connectivity index (χ3v) is 5.16. The number of hydrogen-bond acceptors (Lipinski definition) is 3. The van der Waals surface area contributed by atoms with Crippen molar-refractivity contribution < 1.29 is 4.74 Å². The van der Waals surface area contributed by atoms with Crippen LogP contribution in [0.15, 0.2) is 24.3 Å². The number of nitrogens with zero attached hydrogens (tertiary/aromatic N) is 1. The molecule has 3 nitrogen and oxygen atoms in total. The molecule has 0 spiro atoms. The van der Waals surface area contributed by atoms with E-state index in [0.717, 1.165) is 36.4 Å². The molecule has 2 fully saturated rings. The second-order valence-electron chi connectivity index (χ2n) is 6.49. The third kappa shape index (κ3) is 3.78. The maximum absolute atomic E-state index is 5.91. The van der Waals surface area contributed by atoms with Gasteiger partial charge in [-0.25, -0.2) is 0 Å². The quantitative estimate of drug-likeness (QED) is 0.904. The first-order valence-corrected chi connectivity index (χ1v) is 8.52. The second kappa shape index (κ2) is 7.28. The van der Waals surface area contributed by atoms with E-state index in [1.807, 2.05) is 24.3 Å². The van der Waals surface area contributed by atoms with Crippen molar-refractivity contribution in [2.24, 2.45) is 11.7 Å². The van der Waals surface area contributed by atoms with E-state index in [1.165, 1.54) is 45.1 Å². The van der Waals surface area contributed by atoms with Crippen LogP contribution >= 0.6 is 0 Å². The van der Waals surface area contributed by atoms with Gasteiger partial charge in [0, 0.05) is 19.1 Å². The molecule has 3 heteroatoms. The number of benzene rings is 1. The maximum Gasteiger partial charge on any atom is 0.119 e. The Kier molecular flexibility index (Phi) is 5.15. The van der Waals surface area contributed by atoms with Crippen molar-refractivity contribution in [3.05, 3.63) is 29.8 Å². The lowest BCUT2D eigenvalue weighted by atomic mass is 9.78. The molecule has 1 aliphatic heterocycles. The molecular formula is C18H28N2O. The van der Waals surface area contributed by atoms with E-state index < -0.39 is 0 Å². The first-order valence-electron chi connectivity index (χ1n) is 8.52. The summed E-state index contributed by atoms with van der Waals surface area (Å²) in [5.74, 6) is 1.92. The van der Waals surface area contributed by atoms with Crippen LogP contribution in [0.5, 0.6) is 5.75 Å². The van der Waals surface area contributed by atoms with Crippen LogP contribution in [0.4, 0.5) is 0 Å². The topological polar surface area (TPSA) is 38.5 Å². The van der Waals surface area contributed by atoms with Crippen molar-refractivity contribution in [1.82, 2.24) is 4.90 Å². The molecular weight excluding hydrogens is 260 g/mol. The zero-order chi connectivity index (χ0) is 14.5.